The zero-order valence-electron chi connectivity index (χ0n) is 10.3. The molecule has 1 aliphatic rings. The van der Waals surface area contributed by atoms with Crippen LogP contribution in [-0.2, 0) is 6.42 Å². The van der Waals surface area contributed by atoms with E-state index >= 15 is 0 Å². The van der Waals surface area contributed by atoms with E-state index in [-0.39, 0.29) is 0 Å². The predicted molar refractivity (Wildman–Crippen MR) is 74.3 cm³/mol. The largest absolute Gasteiger partial charge is 0.0891 e. The molecule has 1 heteroatoms. The average Bonchev–Trinajstić information content (AvgIpc) is 2.24. The molecule has 88 valence electrons. The minimum atomic E-state index is 0.760. The Bertz CT molecular complexity index is 336. The second kappa shape index (κ2) is 5.35. The molecule has 0 N–H and O–H groups in total. The molecule has 0 bridgehead atoms. The van der Waals surface area contributed by atoms with Crippen molar-refractivity contribution in [2.24, 2.45) is 5.92 Å². The number of halogens is 1. The summed E-state index contributed by atoms with van der Waals surface area (Å²) in [4.78, 5) is 0.760. The van der Waals surface area contributed by atoms with Crippen LogP contribution in [0.2, 0.25) is 0 Å². The van der Waals surface area contributed by atoms with Crippen molar-refractivity contribution in [1.29, 1.82) is 0 Å². The van der Waals surface area contributed by atoms with E-state index in [4.69, 9.17) is 0 Å². The molecule has 0 nitrogen and oxygen atoms in total. The highest BCUT2D eigenvalue weighted by atomic mass is 79.9. The van der Waals surface area contributed by atoms with Crippen LogP contribution in [0, 0.1) is 19.8 Å². The van der Waals surface area contributed by atoms with Gasteiger partial charge < -0.3 is 0 Å². The van der Waals surface area contributed by atoms with Gasteiger partial charge in [0, 0.05) is 4.83 Å². The molecule has 1 fully saturated rings. The summed E-state index contributed by atoms with van der Waals surface area (Å²) >= 11 is 3.78. The number of alkyl halides is 1. The quantitative estimate of drug-likeness (QED) is 0.683. The van der Waals surface area contributed by atoms with Crippen LogP contribution < -0.4 is 0 Å². The Balaban J connectivity index is 2.08. The fourth-order valence-electron chi connectivity index (χ4n) is 2.87. The molecule has 1 aromatic carbocycles. The number of benzene rings is 1. The van der Waals surface area contributed by atoms with Crippen molar-refractivity contribution in [3.63, 3.8) is 0 Å². The lowest BCUT2D eigenvalue weighted by Crippen LogP contribution is -2.17. The topological polar surface area (TPSA) is 0 Å². The summed E-state index contributed by atoms with van der Waals surface area (Å²) in [6.45, 7) is 4.49. The normalized spacial score (nSPS) is 25.7. The Morgan fingerprint density at radius 2 is 1.88 bits per heavy atom. The van der Waals surface area contributed by atoms with Crippen LogP contribution in [-0.4, -0.2) is 4.83 Å². The van der Waals surface area contributed by atoms with E-state index in [1.165, 1.54) is 43.2 Å². The lowest BCUT2D eigenvalue weighted by molar-refractivity contribution is 0.367. The average molecular weight is 281 g/mol. The van der Waals surface area contributed by atoms with Gasteiger partial charge in [-0.05, 0) is 55.7 Å². The van der Waals surface area contributed by atoms with Crippen LogP contribution >= 0.6 is 15.9 Å². The lowest BCUT2D eigenvalue weighted by atomic mass is 9.83. The highest BCUT2D eigenvalue weighted by Crippen LogP contribution is 2.32. The van der Waals surface area contributed by atoms with Crippen LogP contribution in [0.25, 0.3) is 0 Å². The Labute approximate surface area is 108 Å². The summed E-state index contributed by atoms with van der Waals surface area (Å²) in [6.07, 6.45) is 6.80. The molecule has 1 aromatic rings. The Hall–Kier alpha value is -0.300. The van der Waals surface area contributed by atoms with E-state index in [9.17, 15) is 0 Å². The molecule has 16 heavy (non-hydrogen) atoms. The maximum atomic E-state index is 3.78. The first kappa shape index (κ1) is 12.2. The first-order valence-electron chi connectivity index (χ1n) is 6.36. The van der Waals surface area contributed by atoms with Crippen molar-refractivity contribution in [2.45, 2.75) is 50.8 Å². The molecule has 2 rings (SSSR count). The number of aryl methyl sites for hydroxylation is 2. The van der Waals surface area contributed by atoms with E-state index in [1.54, 1.807) is 5.56 Å². The second-order valence-electron chi connectivity index (χ2n) is 5.20. The molecular formula is C15H21Br. The molecular weight excluding hydrogens is 260 g/mol. The van der Waals surface area contributed by atoms with Gasteiger partial charge >= 0.3 is 0 Å². The Morgan fingerprint density at radius 3 is 2.50 bits per heavy atom. The SMILES string of the molecule is Cc1cccc(C)c1CC1CCCC(Br)C1. The maximum absolute atomic E-state index is 3.78. The highest BCUT2D eigenvalue weighted by Gasteiger charge is 2.21. The molecule has 0 heterocycles. The van der Waals surface area contributed by atoms with Gasteiger partial charge in [-0.25, -0.2) is 0 Å². The smallest absolute Gasteiger partial charge is 0.0148 e. The monoisotopic (exact) mass is 280 g/mol. The van der Waals surface area contributed by atoms with Crippen LogP contribution in [0.1, 0.15) is 42.4 Å². The summed E-state index contributed by atoms with van der Waals surface area (Å²) in [6, 6.07) is 6.66. The summed E-state index contributed by atoms with van der Waals surface area (Å²) < 4.78 is 0. The van der Waals surface area contributed by atoms with Gasteiger partial charge in [0.1, 0.15) is 0 Å². The number of rotatable bonds is 2. The summed E-state index contributed by atoms with van der Waals surface area (Å²) in [7, 11) is 0. The highest BCUT2D eigenvalue weighted by molar-refractivity contribution is 9.09. The third kappa shape index (κ3) is 2.88. The fraction of sp³-hybridized carbons (Fsp3) is 0.600. The van der Waals surface area contributed by atoms with Crippen molar-refractivity contribution < 1.29 is 0 Å². The first-order chi connectivity index (χ1) is 7.66. The zero-order chi connectivity index (χ0) is 11.5. The maximum Gasteiger partial charge on any atom is 0.0148 e. The van der Waals surface area contributed by atoms with Crippen molar-refractivity contribution in [3.05, 3.63) is 34.9 Å². The summed E-state index contributed by atoms with van der Waals surface area (Å²) in [5.41, 5.74) is 4.53. The van der Waals surface area contributed by atoms with Crippen molar-refractivity contribution >= 4 is 15.9 Å². The van der Waals surface area contributed by atoms with Gasteiger partial charge in [0.15, 0.2) is 0 Å². The molecule has 0 amide bonds. The van der Waals surface area contributed by atoms with E-state index in [0.29, 0.717) is 0 Å². The van der Waals surface area contributed by atoms with Crippen molar-refractivity contribution in [2.75, 3.05) is 0 Å². The molecule has 2 unspecified atom stereocenters. The Kier molecular flexibility index (Phi) is 4.07. The molecule has 0 aliphatic heterocycles. The van der Waals surface area contributed by atoms with Gasteiger partial charge in [0.05, 0.1) is 0 Å². The van der Waals surface area contributed by atoms with Crippen LogP contribution in [0.15, 0.2) is 18.2 Å². The van der Waals surface area contributed by atoms with E-state index < -0.39 is 0 Å². The number of hydrogen-bond acceptors (Lipinski definition) is 0. The van der Waals surface area contributed by atoms with Gasteiger partial charge in [0.2, 0.25) is 0 Å². The van der Waals surface area contributed by atoms with Gasteiger partial charge in [-0.1, -0.05) is 47.0 Å². The van der Waals surface area contributed by atoms with Crippen LogP contribution in [0.4, 0.5) is 0 Å². The van der Waals surface area contributed by atoms with Gasteiger partial charge in [0.25, 0.3) is 0 Å². The van der Waals surface area contributed by atoms with E-state index in [1.807, 2.05) is 0 Å². The molecule has 2 atom stereocenters. The van der Waals surface area contributed by atoms with Crippen LogP contribution in [0.5, 0.6) is 0 Å². The molecule has 0 saturated heterocycles. The predicted octanol–water partition coefficient (Wildman–Crippen LogP) is 4.80. The lowest BCUT2D eigenvalue weighted by Gasteiger charge is -2.26. The van der Waals surface area contributed by atoms with E-state index in [0.717, 1.165) is 10.7 Å². The third-order valence-electron chi connectivity index (χ3n) is 3.86. The van der Waals surface area contributed by atoms with E-state index in [2.05, 4.69) is 48.0 Å². The molecule has 0 spiro atoms. The fourth-order valence-corrected chi connectivity index (χ4v) is 3.72. The summed E-state index contributed by atoms with van der Waals surface area (Å²) in [5, 5.41) is 0. The van der Waals surface area contributed by atoms with Gasteiger partial charge in [-0.2, -0.15) is 0 Å². The zero-order valence-corrected chi connectivity index (χ0v) is 11.9. The minimum Gasteiger partial charge on any atom is -0.0891 e. The molecule has 0 aromatic heterocycles. The standard InChI is InChI=1S/C15H21Br/c1-11-5-3-6-12(2)15(11)10-13-7-4-8-14(16)9-13/h3,5-6,13-14H,4,7-10H2,1-2H3. The van der Waals surface area contributed by atoms with Crippen LogP contribution in [0.3, 0.4) is 0 Å². The van der Waals surface area contributed by atoms with Gasteiger partial charge in [-0.15, -0.1) is 0 Å². The minimum absolute atomic E-state index is 0.760. The molecule has 1 saturated carbocycles. The summed E-state index contributed by atoms with van der Waals surface area (Å²) in [5.74, 6) is 0.887. The third-order valence-corrected chi connectivity index (χ3v) is 4.69. The van der Waals surface area contributed by atoms with Crippen molar-refractivity contribution in [3.8, 4) is 0 Å². The number of hydrogen-bond donors (Lipinski definition) is 0. The van der Waals surface area contributed by atoms with Crippen molar-refractivity contribution in [1.82, 2.24) is 0 Å². The molecule has 1 aliphatic carbocycles. The Morgan fingerprint density at radius 1 is 1.19 bits per heavy atom. The first-order valence-corrected chi connectivity index (χ1v) is 7.27. The van der Waals surface area contributed by atoms with Gasteiger partial charge in [-0.3, -0.25) is 0 Å². The second-order valence-corrected chi connectivity index (χ2v) is 6.50. The molecule has 0 radical (unpaired) electrons.